The minimum absolute atomic E-state index is 0.0624. The van der Waals surface area contributed by atoms with E-state index in [1.165, 1.54) is 0 Å². The Bertz CT molecular complexity index is 1230. The number of ether oxygens (including phenoxy) is 1. The molecule has 2 atom stereocenters. The zero-order valence-corrected chi connectivity index (χ0v) is 18.1. The smallest absolute Gasteiger partial charge is 0.159 e. The molecule has 1 aliphatic carbocycles. The fourth-order valence-corrected chi connectivity index (χ4v) is 4.65. The van der Waals surface area contributed by atoms with E-state index in [0.29, 0.717) is 0 Å². The van der Waals surface area contributed by atoms with E-state index in [2.05, 4.69) is 22.8 Å². The highest BCUT2D eigenvalue weighted by atomic mass is 16.5. The molecule has 1 aromatic carbocycles. The molecule has 1 saturated carbocycles. The van der Waals surface area contributed by atoms with E-state index in [0.717, 1.165) is 70.8 Å². The lowest BCUT2D eigenvalue weighted by Crippen LogP contribution is -2.27. The Morgan fingerprint density at radius 1 is 1.13 bits per heavy atom. The van der Waals surface area contributed by atoms with Gasteiger partial charge >= 0.3 is 0 Å². The largest absolute Gasteiger partial charge is 0.496 e. The van der Waals surface area contributed by atoms with E-state index in [-0.39, 0.29) is 12.1 Å². The Morgan fingerprint density at radius 3 is 2.71 bits per heavy atom. The molecule has 0 bridgehead atoms. The van der Waals surface area contributed by atoms with Crippen molar-refractivity contribution in [2.45, 2.75) is 51.7 Å². The first-order valence-electron chi connectivity index (χ1n) is 10.8. The number of nitrogens with zero attached hydrogens (tertiary/aromatic N) is 5. The lowest BCUT2D eigenvalue weighted by atomic mass is 9.92. The van der Waals surface area contributed by atoms with Gasteiger partial charge in [0, 0.05) is 30.2 Å². The van der Waals surface area contributed by atoms with Crippen LogP contribution in [-0.2, 0) is 0 Å². The average molecular weight is 418 g/mol. The number of hydrogen-bond donors (Lipinski definition) is 1. The van der Waals surface area contributed by atoms with Crippen LogP contribution in [0.4, 0.5) is 0 Å². The molecule has 4 aromatic rings. The van der Waals surface area contributed by atoms with Crippen LogP contribution in [0.15, 0.2) is 42.9 Å². The molecule has 1 unspecified atom stereocenters. The molecule has 1 N–H and O–H groups in total. The molecule has 1 fully saturated rings. The SMILES string of the molecule is COc1cc(-n2cccn2)ccc1-c1nc2c(C)cn(C3CCCC[C@@H]3O)c2nc1C. The molecular formula is C24H27N5O2. The van der Waals surface area contributed by atoms with Crippen molar-refractivity contribution < 1.29 is 9.84 Å². The maximum atomic E-state index is 10.6. The number of fused-ring (bicyclic) bond motifs is 1. The monoisotopic (exact) mass is 417 g/mol. The fraction of sp³-hybridized carbons (Fsp3) is 0.375. The maximum Gasteiger partial charge on any atom is 0.159 e. The Labute approximate surface area is 181 Å². The first kappa shape index (κ1) is 19.8. The molecule has 0 spiro atoms. The lowest BCUT2D eigenvalue weighted by Gasteiger charge is -2.29. The topological polar surface area (TPSA) is 78.0 Å². The van der Waals surface area contributed by atoms with E-state index in [1.807, 2.05) is 37.4 Å². The van der Waals surface area contributed by atoms with Gasteiger partial charge in [-0.25, -0.2) is 14.6 Å². The molecule has 7 heteroatoms. The highest BCUT2D eigenvalue weighted by molar-refractivity contribution is 5.81. The number of aryl methyl sites for hydroxylation is 2. The molecule has 0 aliphatic heterocycles. The number of rotatable bonds is 4. The molecule has 0 radical (unpaired) electrons. The summed E-state index contributed by atoms with van der Waals surface area (Å²) in [5.74, 6) is 0.726. The number of methoxy groups -OCH3 is 1. The van der Waals surface area contributed by atoms with Crippen molar-refractivity contribution in [1.29, 1.82) is 0 Å². The summed E-state index contributed by atoms with van der Waals surface area (Å²) in [6, 6.07) is 7.93. The van der Waals surface area contributed by atoms with Crippen molar-refractivity contribution in [3.8, 4) is 22.7 Å². The number of benzene rings is 1. The summed E-state index contributed by atoms with van der Waals surface area (Å²) in [4.78, 5) is 9.97. The summed E-state index contributed by atoms with van der Waals surface area (Å²) in [5.41, 5.74) is 6.24. The number of aromatic nitrogens is 5. The Morgan fingerprint density at radius 2 is 1.97 bits per heavy atom. The second kappa shape index (κ2) is 7.81. The van der Waals surface area contributed by atoms with Crippen molar-refractivity contribution in [2.75, 3.05) is 7.11 Å². The third kappa shape index (κ3) is 3.39. The fourth-order valence-electron chi connectivity index (χ4n) is 4.65. The van der Waals surface area contributed by atoms with Crippen LogP contribution < -0.4 is 4.74 Å². The van der Waals surface area contributed by atoms with Crippen molar-refractivity contribution >= 4 is 11.2 Å². The molecule has 1 aliphatic rings. The van der Waals surface area contributed by atoms with Gasteiger partial charge in [0.05, 0.1) is 36.3 Å². The number of hydrogen-bond acceptors (Lipinski definition) is 5. The minimum atomic E-state index is -0.333. The van der Waals surface area contributed by atoms with Crippen LogP contribution in [0.3, 0.4) is 0 Å². The Hall–Kier alpha value is -3.19. The van der Waals surface area contributed by atoms with Gasteiger partial charge in [-0.1, -0.05) is 12.8 Å². The molecule has 3 aromatic heterocycles. The Balaban J connectivity index is 1.61. The van der Waals surface area contributed by atoms with E-state index in [9.17, 15) is 5.11 Å². The molecule has 3 heterocycles. The van der Waals surface area contributed by atoms with Gasteiger partial charge < -0.3 is 14.4 Å². The van der Waals surface area contributed by atoms with Gasteiger partial charge in [0.15, 0.2) is 5.65 Å². The Kier molecular flexibility index (Phi) is 4.98. The van der Waals surface area contributed by atoms with Gasteiger partial charge in [0.25, 0.3) is 0 Å². The molecule has 160 valence electrons. The standard InChI is InChI=1S/C24H27N5O2/c1-15-14-28(19-7-4-5-8-20(19)30)24-22(15)27-23(16(2)26-24)18-10-9-17(13-21(18)31-3)29-12-6-11-25-29/h6,9-14,19-20,30H,4-5,7-8H2,1-3H3/t19?,20-/m0/s1. The van der Waals surface area contributed by atoms with Crippen LogP contribution >= 0.6 is 0 Å². The van der Waals surface area contributed by atoms with Gasteiger partial charge in [-0.3, -0.25) is 0 Å². The van der Waals surface area contributed by atoms with Crippen molar-refractivity contribution in [3.63, 3.8) is 0 Å². The van der Waals surface area contributed by atoms with E-state index in [1.54, 1.807) is 18.0 Å². The normalized spacial score (nSPS) is 19.1. The first-order valence-corrected chi connectivity index (χ1v) is 10.8. The maximum absolute atomic E-state index is 10.6. The van der Waals surface area contributed by atoms with Crippen LogP contribution in [-0.4, -0.2) is 42.6 Å². The van der Waals surface area contributed by atoms with Crippen molar-refractivity contribution in [3.05, 3.63) is 54.1 Å². The molecule has 7 nitrogen and oxygen atoms in total. The predicted molar refractivity (Wildman–Crippen MR) is 120 cm³/mol. The van der Waals surface area contributed by atoms with E-state index >= 15 is 0 Å². The van der Waals surface area contributed by atoms with Crippen LogP contribution in [0.1, 0.15) is 43.0 Å². The predicted octanol–water partition coefficient (Wildman–Crippen LogP) is 4.39. The van der Waals surface area contributed by atoms with E-state index in [4.69, 9.17) is 14.7 Å². The van der Waals surface area contributed by atoms with Gasteiger partial charge in [-0.05, 0) is 50.5 Å². The van der Waals surface area contributed by atoms with Crippen molar-refractivity contribution in [1.82, 2.24) is 24.3 Å². The highest BCUT2D eigenvalue weighted by Gasteiger charge is 2.27. The molecule has 31 heavy (non-hydrogen) atoms. The van der Waals surface area contributed by atoms with Crippen LogP contribution in [0.5, 0.6) is 5.75 Å². The summed E-state index contributed by atoms with van der Waals surface area (Å²) in [6.45, 7) is 4.03. The number of aliphatic hydroxyl groups excluding tert-OH is 1. The molecule has 5 rings (SSSR count). The summed E-state index contributed by atoms with van der Waals surface area (Å²) >= 11 is 0. The summed E-state index contributed by atoms with van der Waals surface area (Å²) in [7, 11) is 1.67. The third-order valence-corrected chi connectivity index (χ3v) is 6.26. The number of aliphatic hydroxyl groups is 1. The van der Waals surface area contributed by atoms with Crippen molar-refractivity contribution in [2.24, 2.45) is 0 Å². The first-order chi connectivity index (χ1) is 15.1. The van der Waals surface area contributed by atoms with Crippen LogP contribution in [0.2, 0.25) is 0 Å². The molecule has 0 amide bonds. The minimum Gasteiger partial charge on any atom is -0.496 e. The zero-order valence-electron chi connectivity index (χ0n) is 18.1. The zero-order chi connectivity index (χ0) is 21.5. The van der Waals surface area contributed by atoms with Gasteiger partial charge in [-0.2, -0.15) is 5.10 Å². The molecule has 0 saturated heterocycles. The summed E-state index contributed by atoms with van der Waals surface area (Å²) in [6.07, 6.45) is 9.43. The second-order valence-electron chi connectivity index (χ2n) is 8.30. The highest BCUT2D eigenvalue weighted by Crippen LogP contribution is 2.36. The van der Waals surface area contributed by atoms with Crippen LogP contribution in [0.25, 0.3) is 28.1 Å². The summed E-state index contributed by atoms with van der Waals surface area (Å²) < 4.78 is 9.64. The van der Waals surface area contributed by atoms with Gasteiger partial charge in [-0.15, -0.1) is 0 Å². The quantitative estimate of drug-likeness (QED) is 0.533. The summed E-state index contributed by atoms with van der Waals surface area (Å²) in [5, 5.41) is 14.9. The van der Waals surface area contributed by atoms with E-state index < -0.39 is 0 Å². The van der Waals surface area contributed by atoms with Gasteiger partial charge in [0.1, 0.15) is 11.3 Å². The van der Waals surface area contributed by atoms with Crippen LogP contribution in [0, 0.1) is 13.8 Å². The second-order valence-corrected chi connectivity index (χ2v) is 8.30. The lowest BCUT2D eigenvalue weighted by molar-refractivity contribution is 0.0773. The third-order valence-electron chi connectivity index (χ3n) is 6.26. The molecular weight excluding hydrogens is 390 g/mol. The van der Waals surface area contributed by atoms with Gasteiger partial charge in [0.2, 0.25) is 0 Å². The average Bonchev–Trinajstić information content (AvgIpc) is 3.42.